The Labute approximate surface area is 119 Å². The van der Waals surface area contributed by atoms with Crippen LogP contribution in [0.1, 0.15) is 18.5 Å². The van der Waals surface area contributed by atoms with Gasteiger partial charge in [-0.2, -0.15) is 9.40 Å². The van der Waals surface area contributed by atoms with Crippen molar-refractivity contribution in [2.24, 2.45) is 5.92 Å². The number of rotatable bonds is 2. The molecule has 19 heavy (non-hydrogen) atoms. The topological polar surface area (TPSA) is 78.1 Å². The van der Waals surface area contributed by atoms with Crippen LogP contribution >= 0.6 is 12.4 Å². The lowest BCUT2D eigenvalue weighted by molar-refractivity contribution is 0.247. The lowest BCUT2D eigenvalue weighted by atomic mass is 9.95. The van der Waals surface area contributed by atoms with Gasteiger partial charge < -0.3 is 5.32 Å². The smallest absolute Gasteiger partial charge is 0.246 e. The normalized spacial score (nSPS) is 27.8. The lowest BCUT2D eigenvalue weighted by Crippen LogP contribution is -2.46. The predicted octanol–water partition coefficient (Wildman–Crippen LogP) is 0.512. The van der Waals surface area contributed by atoms with Crippen molar-refractivity contribution in [2.45, 2.75) is 30.7 Å². The third kappa shape index (κ3) is 2.52. The van der Waals surface area contributed by atoms with E-state index >= 15 is 0 Å². The Morgan fingerprint density at radius 1 is 1.42 bits per heavy atom. The highest BCUT2D eigenvalue weighted by Crippen LogP contribution is 2.28. The van der Waals surface area contributed by atoms with E-state index < -0.39 is 10.0 Å². The van der Waals surface area contributed by atoms with Crippen LogP contribution in [0.2, 0.25) is 0 Å². The molecular weight excluding hydrogens is 288 g/mol. The molecule has 0 spiro atoms. The Balaban J connectivity index is 0.00000133. The monoisotopic (exact) mass is 306 g/mol. The molecule has 2 saturated heterocycles. The first kappa shape index (κ1) is 14.8. The molecule has 0 radical (unpaired) electrons. The van der Waals surface area contributed by atoms with E-state index in [1.807, 2.05) is 0 Å². The molecule has 2 aliphatic rings. The van der Waals surface area contributed by atoms with Gasteiger partial charge in [0.2, 0.25) is 10.0 Å². The number of sulfonamides is 1. The van der Waals surface area contributed by atoms with Gasteiger partial charge in [0.15, 0.2) is 0 Å². The second-order valence-corrected chi connectivity index (χ2v) is 7.03. The van der Waals surface area contributed by atoms with Crippen molar-refractivity contribution in [2.75, 3.05) is 19.6 Å². The number of H-pyrrole nitrogens is 1. The molecule has 3 heterocycles. The van der Waals surface area contributed by atoms with Crippen LogP contribution in [0.15, 0.2) is 11.1 Å². The van der Waals surface area contributed by atoms with Crippen molar-refractivity contribution in [3.63, 3.8) is 0 Å². The van der Waals surface area contributed by atoms with Crippen molar-refractivity contribution >= 4 is 22.4 Å². The summed E-state index contributed by atoms with van der Waals surface area (Å²) in [7, 11) is -3.38. The minimum absolute atomic E-state index is 0. The second kappa shape index (κ2) is 5.40. The average Bonchev–Trinajstić information content (AvgIpc) is 2.95. The first-order valence-corrected chi connectivity index (χ1v) is 7.76. The number of halogens is 1. The Hall–Kier alpha value is -0.630. The fourth-order valence-corrected chi connectivity index (χ4v) is 4.60. The predicted molar refractivity (Wildman–Crippen MR) is 73.8 cm³/mol. The standard InChI is InChI=1S/C11H18N4O2S.ClH/c1-8-11(6-13-14-8)18(16,17)15-5-3-10-9(7-15)2-4-12-10;/h6,9-10,12H,2-5,7H2,1H3,(H,13,14);1H. The molecule has 2 atom stereocenters. The fourth-order valence-electron chi connectivity index (χ4n) is 2.97. The highest BCUT2D eigenvalue weighted by Gasteiger charge is 2.38. The molecule has 1 aromatic rings. The van der Waals surface area contributed by atoms with Crippen LogP contribution in [0.4, 0.5) is 0 Å². The Morgan fingerprint density at radius 3 is 2.89 bits per heavy atom. The molecule has 2 fully saturated rings. The van der Waals surface area contributed by atoms with Gasteiger partial charge in [-0.05, 0) is 32.2 Å². The van der Waals surface area contributed by atoms with Gasteiger partial charge in [-0.1, -0.05) is 0 Å². The number of aromatic nitrogens is 2. The zero-order chi connectivity index (χ0) is 12.8. The van der Waals surface area contributed by atoms with E-state index in [4.69, 9.17) is 0 Å². The second-order valence-electron chi connectivity index (χ2n) is 5.12. The Kier molecular flexibility index (Phi) is 4.20. The maximum atomic E-state index is 12.5. The van der Waals surface area contributed by atoms with E-state index in [-0.39, 0.29) is 12.4 Å². The van der Waals surface area contributed by atoms with E-state index in [0.717, 1.165) is 19.4 Å². The molecule has 0 amide bonds. The first-order chi connectivity index (χ1) is 8.59. The van der Waals surface area contributed by atoms with Crippen LogP contribution in [-0.2, 0) is 10.0 Å². The van der Waals surface area contributed by atoms with Crippen molar-refractivity contribution in [3.8, 4) is 0 Å². The van der Waals surface area contributed by atoms with Crippen LogP contribution in [0, 0.1) is 12.8 Å². The fraction of sp³-hybridized carbons (Fsp3) is 0.727. The average molecular weight is 307 g/mol. The van der Waals surface area contributed by atoms with Gasteiger partial charge in [0.25, 0.3) is 0 Å². The molecule has 3 rings (SSSR count). The maximum Gasteiger partial charge on any atom is 0.246 e. The number of aryl methyl sites for hydroxylation is 1. The number of nitrogens with one attached hydrogen (secondary N) is 2. The van der Waals surface area contributed by atoms with Crippen LogP contribution in [0.25, 0.3) is 0 Å². The number of piperidine rings is 1. The van der Waals surface area contributed by atoms with Crippen LogP contribution in [0.3, 0.4) is 0 Å². The van der Waals surface area contributed by atoms with Crippen molar-refractivity contribution in [3.05, 3.63) is 11.9 Å². The SMILES string of the molecule is Cc1[nH]ncc1S(=O)(=O)N1CCC2NCCC2C1.Cl. The summed E-state index contributed by atoms with van der Waals surface area (Å²) in [6.45, 7) is 3.98. The van der Waals surface area contributed by atoms with Gasteiger partial charge in [-0.25, -0.2) is 8.42 Å². The van der Waals surface area contributed by atoms with Crippen LogP contribution in [0.5, 0.6) is 0 Å². The molecule has 6 nitrogen and oxygen atoms in total. The van der Waals surface area contributed by atoms with Crippen LogP contribution < -0.4 is 5.32 Å². The number of fused-ring (bicyclic) bond motifs is 1. The summed E-state index contributed by atoms with van der Waals surface area (Å²) < 4.78 is 26.6. The van der Waals surface area contributed by atoms with E-state index in [1.54, 1.807) is 11.2 Å². The molecule has 1 aromatic heterocycles. The summed E-state index contributed by atoms with van der Waals surface area (Å²) in [5.41, 5.74) is 0.613. The summed E-state index contributed by atoms with van der Waals surface area (Å²) in [6, 6.07) is 0.502. The van der Waals surface area contributed by atoms with Crippen molar-refractivity contribution in [1.29, 1.82) is 0 Å². The highest BCUT2D eigenvalue weighted by atomic mass is 35.5. The zero-order valence-corrected chi connectivity index (χ0v) is 12.4. The molecule has 2 N–H and O–H groups in total. The minimum Gasteiger partial charge on any atom is -0.314 e. The zero-order valence-electron chi connectivity index (χ0n) is 10.8. The van der Waals surface area contributed by atoms with Crippen LogP contribution in [-0.4, -0.2) is 48.6 Å². The van der Waals surface area contributed by atoms with Gasteiger partial charge in [0.05, 0.1) is 11.9 Å². The minimum atomic E-state index is -3.38. The Bertz CT molecular complexity index is 545. The summed E-state index contributed by atoms with van der Waals surface area (Å²) in [6.07, 6.45) is 3.38. The van der Waals surface area contributed by atoms with E-state index in [2.05, 4.69) is 15.5 Å². The molecule has 0 aromatic carbocycles. The van der Waals surface area contributed by atoms with Gasteiger partial charge in [-0.15, -0.1) is 12.4 Å². The summed E-state index contributed by atoms with van der Waals surface area (Å²) in [5, 5.41) is 9.93. The number of nitrogens with zero attached hydrogens (tertiary/aromatic N) is 2. The van der Waals surface area contributed by atoms with Gasteiger partial charge in [0, 0.05) is 19.1 Å². The van der Waals surface area contributed by atoms with Gasteiger partial charge in [-0.3, -0.25) is 5.10 Å². The van der Waals surface area contributed by atoms with E-state index in [0.29, 0.717) is 35.6 Å². The molecular formula is C11H19ClN4O2S. The summed E-state index contributed by atoms with van der Waals surface area (Å²) in [5.74, 6) is 0.459. The molecule has 0 saturated carbocycles. The first-order valence-electron chi connectivity index (χ1n) is 6.32. The van der Waals surface area contributed by atoms with Gasteiger partial charge >= 0.3 is 0 Å². The molecule has 108 valence electrons. The van der Waals surface area contributed by atoms with Gasteiger partial charge in [0.1, 0.15) is 4.90 Å². The molecule has 2 aliphatic heterocycles. The van der Waals surface area contributed by atoms with Crippen molar-refractivity contribution < 1.29 is 8.42 Å². The van der Waals surface area contributed by atoms with E-state index in [9.17, 15) is 8.42 Å². The largest absolute Gasteiger partial charge is 0.314 e. The number of hydrogen-bond donors (Lipinski definition) is 2. The summed E-state index contributed by atoms with van der Waals surface area (Å²) >= 11 is 0. The third-order valence-electron chi connectivity index (χ3n) is 4.02. The number of hydrogen-bond acceptors (Lipinski definition) is 4. The Morgan fingerprint density at radius 2 is 2.21 bits per heavy atom. The third-order valence-corrected chi connectivity index (χ3v) is 6.00. The molecule has 0 aliphatic carbocycles. The highest BCUT2D eigenvalue weighted by molar-refractivity contribution is 7.89. The summed E-state index contributed by atoms with van der Waals surface area (Å²) in [4.78, 5) is 0.312. The van der Waals surface area contributed by atoms with Crippen molar-refractivity contribution in [1.82, 2.24) is 19.8 Å². The lowest BCUT2D eigenvalue weighted by Gasteiger charge is -2.33. The number of aromatic amines is 1. The molecule has 2 unspecified atom stereocenters. The van der Waals surface area contributed by atoms with E-state index in [1.165, 1.54) is 6.20 Å². The molecule has 0 bridgehead atoms. The quantitative estimate of drug-likeness (QED) is 0.835. The molecule has 8 heteroatoms. The maximum absolute atomic E-state index is 12.5.